The van der Waals surface area contributed by atoms with Crippen LogP contribution in [0.1, 0.15) is 51.4 Å². The van der Waals surface area contributed by atoms with Crippen LogP contribution in [0.4, 0.5) is 10.1 Å². The third-order valence-electron chi connectivity index (χ3n) is 7.77. The second kappa shape index (κ2) is 7.92. The summed E-state index contributed by atoms with van der Waals surface area (Å²) in [6, 6.07) is 5.20. The minimum absolute atomic E-state index is 0.0445. The number of benzene rings is 1. The summed E-state index contributed by atoms with van der Waals surface area (Å²) in [4.78, 5) is 40.2. The molecule has 1 saturated heterocycles. The predicted molar refractivity (Wildman–Crippen MR) is 111 cm³/mol. The van der Waals surface area contributed by atoms with Gasteiger partial charge in [0.15, 0.2) is 6.61 Å². The highest BCUT2D eigenvalue weighted by atomic mass is 19.1. The van der Waals surface area contributed by atoms with E-state index in [1.165, 1.54) is 37.5 Å². The van der Waals surface area contributed by atoms with Crippen LogP contribution in [0.25, 0.3) is 0 Å². The summed E-state index contributed by atoms with van der Waals surface area (Å²) in [6.45, 7) is 0.0742. The summed E-state index contributed by atoms with van der Waals surface area (Å²) in [5.41, 5.74) is -0.247. The highest BCUT2D eigenvalue weighted by Gasteiger charge is 2.57. The zero-order valence-corrected chi connectivity index (χ0v) is 17.6. The maximum absolute atomic E-state index is 13.7. The molecule has 1 N–H and O–H groups in total. The van der Waals surface area contributed by atoms with E-state index in [4.69, 9.17) is 4.74 Å². The van der Waals surface area contributed by atoms with Crippen molar-refractivity contribution in [1.29, 1.82) is 0 Å². The third-order valence-corrected chi connectivity index (χ3v) is 7.77. The van der Waals surface area contributed by atoms with Crippen molar-refractivity contribution in [3.63, 3.8) is 0 Å². The summed E-state index contributed by atoms with van der Waals surface area (Å²) in [5.74, 6) is 0.405. The number of likely N-dealkylation sites (tertiary alicyclic amines) is 1. The van der Waals surface area contributed by atoms with Crippen molar-refractivity contribution in [2.45, 2.75) is 57.4 Å². The molecule has 4 saturated carbocycles. The number of para-hydroxylation sites is 1. The van der Waals surface area contributed by atoms with Crippen LogP contribution in [0.3, 0.4) is 0 Å². The zero-order valence-electron chi connectivity index (χ0n) is 17.6. The fourth-order valence-electron chi connectivity index (χ4n) is 6.91. The second-order valence-corrected chi connectivity index (χ2v) is 9.99. The van der Waals surface area contributed by atoms with Crippen LogP contribution >= 0.6 is 0 Å². The Morgan fingerprint density at radius 1 is 1.06 bits per heavy atom. The molecule has 1 aromatic rings. The molecule has 0 aromatic heterocycles. The molecule has 4 bridgehead atoms. The molecule has 1 atom stereocenters. The van der Waals surface area contributed by atoms with Crippen LogP contribution in [0, 0.1) is 29.0 Å². The first-order valence-electron chi connectivity index (χ1n) is 11.5. The van der Waals surface area contributed by atoms with E-state index in [-0.39, 0.29) is 17.0 Å². The van der Waals surface area contributed by atoms with Gasteiger partial charge in [-0.15, -0.1) is 0 Å². The smallest absolute Gasteiger partial charge is 0.329 e. The summed E-state index contributed by atoms with van der Waals surface area (Å²) < 4.78 is 18.9. The number of nitrogens with zero attached hydrogens (tertiary/aromatic N) is 1. The molecule has 0 unspecified atom stereocenters. The van der Waals surface area contributed by atoms with Gasteiger partial charge in [0.05, 0.1) is 11.1 Å². The van der Waals surface area contributed by atoms with Crippen LogP contribution in [0.2, 0.25) is 0 Å². The Hall–Kier alpha value is -2.44. The van der Waals surface area contributed by atoms with Crippen molar-refractivity contribution in [2.24, 2.45) is 23.2 Å². The molecule has 1 aromatic carbocycles. The number of hydrogen-bond donors (Lipinski definition) is 1. The van der Waals surface area contributed by atoms with Crippen LogP contribution < -0.4 is 5.32 Å². The van der Waals surface area contributed by atoms with Gasteiger partial charge in [0.1, 0.15) is 11.9 Å². The number of halogens is 1. The molecule has 6 rings (SSSR count). The fourth-order valence-corrected chi connectivity index (χ4v) is 6.91. The SMILES string of the molecule is O=C(COC(=O)[C@H]1CCCN1C(=O)C12CC3CC(CC(C3)C1)C2)Nc1ccccc1F. The van der Waals surface area contributed by atoms with Gasteiger partial charge in [0.25, 0.3) is 5.91 Å². The minimum atomic E-state index is -0.623. The molecule has 0 radical (unpaired) electrons. The number of carbonyl (C=O) groups is 3. The monoisotopic (exact) mass is 428 g/mol. The zero-order chi connectivity index (χ0) is 21.6. The number of anilines is 1. The van der Waals surface area contributed by atoms with Gasteiger partial charge in [-0.3, -0.25) is 9.59 Å². The van der Waals surface area contributed by atoms with E-state index in [1.807, 2.05) is 0 Å². The highest BCUT2D eigenvalue weighted by molar-refractivity contribution is 5.94. The van der Waals surface area contributed by atoms with Gasteiger partial charge in [-0.05, 0) is 81.3 Å². The molecule has 5 aliphatic rings. The van der Waals surface area contributed by atoms with Crippen molar-refractivity contribution in [2.75, 3.05) is 18.5 Å². The van der Waals surface area contributed by atoms with E-state index in [2.05, 4.69) is 5.32 Å². The quantitative estimate of drug-likeness (QED) is 0.729. The first kappa shape index (κ1) is 20.5. The van der Waals surface area contributed by atoms with Crippen molar-refractivity contribution in [1.82, 2.24) is 4.90 Å². The molecule has 6 nitrogen and oxygen atoms in total. The number of rotatable bonds is 5. The second-order valence-electron chi connectivity index (χ2n) is 9.99. The molecule has 1 heterocycles. The molecule has 0 spiro atoms. The molecule has 4 aliphatic carbocycles. The number of nitrogens with one attached hydrogen (secondary N) is 1. The lowest BCUT2D eigenvalue weighted by Crippen LogP contribution is -2.56. The Labute approximate surface area is 181 Å². The Balaban J connectivity index is 1.20. The number of hydrogen-bond acceptors (Lipinski definition) is 4. The number of carbonyl (C=O) groups excluding carboxylic acids is 3. The van der Waals surface area contributed by atoms with E-state index in [0.717, 1.165) is 25.7 Å². The van der Waals surface area contributed by atoms with Crippen LogP contribution in [-0.2, 0) is 19.1 Å². The van der Waals surface area contributed by atoms with Crippen molar-refractivity contribution < 1.29 is 23.5 Å². The Morgan fingerprint density at radius 3 is 2.35 bits per heavy atom. The largest absolute Gasteiger partial charge is 0.454 e. The van der Waals surface area contributed by atoms with E-state index >= 15 is 0 Å². The van der Waals surface area contributed by atoms with Gasteiger partial charge in [0.2, 0.25) is 5.91 Å². The molecule has 1 aliphatic heterocycles. The van der Waals surface area contributed by atoms with Crippen LogP contribution in [-0.4, -0.2) is 41.9 Å². The van der Waals surface area contributed by atoms with Crippen molar-refractivity contribution >= 4 is 23.5 Å². The first-order valence-corrected chi connectivity index (χ1v) is 11.5. The topological polar surface area (TPSA) is 75.7 Å². The lowest BCUT2D eigenvalue weighted by atomic mass is 9.49. The molecular formula is C24H29FN2O4. The van der Waals surface area contributed by atoms with Gasteiger partial charge in [-0.1, -0.05) is 12.1 Å². The maximum atomic E-state index is 13.7. The summed E-state index contributed by atoms with van der Waals surface area (Å²) >= 11 is 0. The van der Waals surface area contributed by atoms with Gasteiger partial charge in [-0.2, -0.15) is 0 Å². The van der Waals surface area contributed by atoms with Gasteiger partial charge in [-0.25, -0.2) is 9.18 Å². The maximum Gasteiger partial charge on any atom is 0.329 e. The molecule has 2 amide bonds. The molecule has 31 heavy (non-hydrogen) atoms. The highest BCUT2D eigenvalue weighted by Crippen LogP contribution is 2.60. The van der Waals surface area contributed by atoms with E-state index < -0.39 is 30.3 Å². The van der Waals surface area contributed by atoms with Gasteiger partial charge in [0, 0.05) is 6.54 Å². The summed E-state index contributed by atoms with van der Waals surface area (Å²) in [5, 5.41) is 2.41. The van der Waals surface area contributed by atoms with Gasteiger partial charge >= 0.3 is 5.97 Å². The molecule has 7 heteroatoms. The number of ether oxygens (including phenoxy) is 1. The predicted octanol–water partition coefficient (Wildman–Crippen LogP) is 3.51. The number of esters is 1. The fraction of sp³-hybridized carbons (Fsp3) is 0.625. The Kier molecular flexibility index (Phi) is 5.22. The summed E-state index contributed by atoms with van der Waals surface area (Å²) in [6.07, 6.45) is 7.98. The molecular weight excluding hydrogens is 399 g/mol. The Bertz CT molecular complexity index is 866. The third kappa shape index (κ3) is 3.83. The average Bonchev–Trinajstić information content (AvgIpc) is 3.22. The van der Waals surface area contributed by atoms with Gasteiger partial charge < -0.3 is 15.0 Å². The van der Waals surface area contributed by atoms with E-state index in [1.54, 1.807) is 11.0 Å². The normalized spacial score (nSPS) is 33.4. The average molecular weight is 429 g/mol. The lowest BCUT2D eigenvalue weighted by molar-refractivity contribution is -0.165. The Morgan fingerprint density at radius 2 is 1.71 bits per heavy atom. The van der Waals surface area contributed by atoms with Crippen LogP contribution in [0.5, 0.6) is 0 Å². The minimum Gasteiger partial charge on any atom is -0.454 e. The lowest BCUT2D eigenvalue weighted by Gasteiger charge is -2.56. The first-order chi connectivity index (χ1) is 14.9. The molecule has 166 valence electrons. The van der Waals surface area contributed by atoms with E-state index in [9.17, 15) is 18.8 Å². The summed E-state index contributed by atoms with van der Waals surface area (Å²) in [7, 11) is 0. The molecule has 5 fully saturated rings. The van der Waals surface area contributed by atoms with Crippen molar-refractivity contribution in [3.8, 4) is 0 Å². The van der Waals surface area contributed by atoms with Crippen LogP contribution in [0.15, 0.2) is 24.3 Å². The standard InChI is InChI=1S/C24H29FN2O4/c25-18-4-1-2-5-19(18)26-21(28)14-31-22(29)20-6-3-7-27(20)23(30)24-11-15-8-16(12-24)10-17(9-15)13-24/h1-2,4-5,15-17,20H,3,6-14H2,(H,26,28)/t15?,16?,17?,20-,24?/m1/s1. The van der Waals surface area contributed by atoms with Crippen molar-refractivity contribution in [3.05, 3.63) is 30.1 Å². The van der Waals surface area contributed by atoms with E-state index in [0.29, 0.717) is 30.7 Å². The number of amides is 2.